The summed E-state index contributed by atoms with van der Waals surface area (Å²) in [5, 5.41) is 9.01. The van der Waals surface area contributed by atoms with Crippen molar-refractivity contribution in [3.05, 3.63) is 0 Å². The number of amides is 2. The molecule has 0 N–H and O–H groups in total. The van der Waals surface area contributed by atoms with Crippen LogP contribution in [0.25, 0.3) is 0 Å². The Hall–Kier alpha value is -1.57. The van der Waals surface area contributed by atoms with E-state index in [0.717, 1.165) is 6.42 Å². The van der Waals surface area contributed by atoms with Crippen LogP contribution in [-0.2, 0) is 9.59 Å². The zero-order chi connectivity index (χ0) is 12.5. The van der Waals surface area contributed by atoms with E-state index in [2.05, 4.69) is 6.07 Å². The highest BCUT2D eigenvalue weighted by Gasteiger charge is 2.52. The third-order valence-electron chi connectivity index (χ3n) is 3.60. The molecule has 0 aromatic rings. The Morgan fingerprint density at radius 2 is 1.71 bits per heavy atom. The number of hydrogen-bond acceptors (Lipinski definition) is 3. The molecular formula is C12H17N3O2. The van der Waals surface area contributed by atoms with Gasteiger partial charge in [0, 0.05) is 33.1 Å². The molecule has 1 heterocycles. The maximum atomic E-state index is 12.1. The van der Waals surface area contributed by atoms with Crippen LogP contribution in [0.2, 0.25) is 0 Å². The number of hydrogen-bond donors (Lipinski definition) is 0. The van der Waals surface area contributed by atoms with Crippen LogP contribution in [0.3, 0.4) is 0 Å². The average Bonchev–Trinajstić information content (AvgIpc) is 3.12. The summed E-state index contributed by atoms with van der Waals surface area (Å²) in [4.78, 5) is 26.9. The van der Waals surface area contributed by atoms with Gasteiger partial charge in [-0.05, 0) is 19.3 Å². The SMILES string of the molecule is CC(=O)N1CCCN(C(=O)C2(C#N)CC2)CC1. The third-order valence-corrected chi connectivity index (χ3v) is 3.60. The molecule has 0 bridgehead atoms. The molecule has 1 aliphatic heterocycles. The van der Waals surface area contributed by atoms with Crippen molar-refractivity contribution in [1.29, 1.82) is 5.26 Å². The standard InChI is InChI=1S/C12H17N3O2/c1-10(16)14-5-2-6-15(8-7-14)11(17)12(9-13)3-4-12/h2-8H2,1H3. The van der Waals surface area contributed by atoms with Crippen LogP contribution in [0.4, 0.5) is 0 Å². The van der Waals surface area contributed by atoms with E-state index >= 15 is 0 Å². The van der Waals surface area contributed by atoms with Gasteiger partial charge in [-0.15, -0.1) is 0 Å². The second-order valence-electron chi connectivity index (χ2n) is 4.85. The molecule has 0 aromatic heterocycles. The van der Waals surface area contributed by atoms with Crippen LogP contribution < -0.4 is 0 Å². The van der Waals surface area contributed by atoms with E-state index in [4.69, 9.17) is 5.26 Å². The van der Waals surface area contributed by atoms with Crippen molar-refractivity contribution in [2.75, 3.05) is 26.2 Å². The smallest absolute Gasteiger partial charge is 0.243 e. The minimum Gasteiger partial charge on any atom is -0.341 e. The van der Waals surface area contributed by atoms with Crippen LogP contribution >= 0.6 is 0 Å². The summed E-state index contributed by atoms with van der Waals surface area (Å²) in [6, 6.07) is 2.13. The maximum absolute atomic E-state index is 12.1. The summed E-state index contributed by atoms with van der Waals surface area (Å²) in [5.74, 6) is 0.0196. The van der Waals surface area contributed by atoms with Gasteiger partial charge in [-0.3, -0.25) is 9.59 Å². The summed E-state index contributed by atoms with van der Waals surface area (Å²) in [7, 11) is 0. The summed E-state index contributed by atoms with van der Waals surface area (Å²) in [5.41, 5.74) is -0.731. The molecule has 0 aromatic carbocycles. The summed E-state index contributed by atoms with van der Waals surface area (Å²) in [6.07, 6.45) is 2.18. The van der Waals surface area contributed by atoms with Gasteiger partial charge in [0.2, 0.25) is 11.8 Å². The predicted molar refractivity (Wildman–Crippen MR) is 60.7 cm³/mol. The zero-order valence-electron chi connectivity index (χ0n) is 10.1. The van der Waals surface area contributed by atoms with Gasteiger partial charge in [0.25, 0.3) is 0 Å². The lowest BCUT2D eigenvalue weighted by atomic mass is 10.1. The molecule has 2 aliphatic rings. The quantitative estimate of drug-likeness (QED) is 0.659. The van der Waals surface area contributed by atoms with Gasteiger partial charge in [0.1, 0.15) is 5.41 Å². The van der Waals surface area contributed by atoms with E-state index in [-0.39, 0.29) is 11.8 Å². The first kappa shape index (κ1) is 11.9. The average molecular weight is 235 g/mol. The summed E-state index contributed by atoms with van der Waals surface area (Å²) < 4.78 is 0. The number of rotatable bonds is 1. The van der Waals surface area contributed by atoms with E-state index in [9.17, 15) is 9.59 Å². The van der Waals surface area contributed by atoms with Crippen LogP contribution in [0, 0.1) is 16.7 Å². The number of carbonyl (C=O) groups is 2. The highest BCUT2D eigenvalue weighted by molar-refractivity contribution is 5.88. The Morgan fingerprint density at radius 1 is 1.12 bits per heavy atom. The van der Waals surface area contributed by atoms with Crippen molar-refractivity contribution in [2.24, 2.45) is 5.41 Å². The third kappa shape index (κ3) is 2.26. The fourth-order valence-electron chi connectivity index (χ4n) is 2.24. The lowest BCUT2D eigenvalue weighted by molar-refractivity contribution is -0.135. The van der Waals surface area contributed by atoms with Crippen molar-refractivity contribution >= 4 is 11.8 Å². The molecule has 17 heavy (non-hydrogen) atoms. The van der Waals surface area contributed by atoms with Gasteiger partial charge in [0.15, 0.2) is 0 Å². The number of carbonyl (C=O) groups excluding carboxylic acids is 2. The molecule has 0 atom stereocenters. The first-order chi connectivity index (χ1) is 8.09. The molecule has 1 saturated carbocycles. The minimum atomic E-state index is -0.731. The van der Waals surface area contributed by atoms with Crippen molar-refractivity contribution in [3.8, 4) is 6.07 Å². The molecule has 0 unspecified atom stereocenters. The first-order valence-electron chi connectivity index (χ1n) is 6.05. The molecule has 1 saturated heterocycles. The topological polar surface area (TPSA) is 64.4 Å². The molecule has 5 heteroatoms. The molecule has 92 valence electrons. The van der Waals surface area contributed by atoms with Crippen molar-refractivity contribution in [3.63, 3.8) is 0 Å². The van der Waals surface area contributed by atoms with Crippen LogP contribution in [0.1, 0.15) is 26.2 Å². The van der Waals surface area contributed by atoms with Gasteiger partial charge in [-0.25, -0.2) is 0 Å². The Bertz CT molecular complexity index is 382. The van der Waals surface area contributed by atoms with E-state index in [1.807, 2.05) is 0 Å². The summed E-state index contributed by atoms with van der Waals surface area (Å²) >= 11 is 0. The van der Waals surface area contributed by atoms with E-state index in [0.29, 0.717) is 39.0 Å². The predicted octanol–water partition coefficient (Wildman–Crippen LogP) is 0.371. The van der Waals surface area contributed by atoms with E-state index in [1.165, 1.54) is 0 Å². The molecule has 5 nitrogen and oxygen atoms in total. The fraction of sp³-hybridized carbons (Fsp3) is 0.750. The first-order valence-corrected chi connectivity index (χ1v) is 6.05. The van der Waals surface area contributed by atoms with Gasteiger partial charge < -0.3 is 9.80 Å². The van der Waals surface area contributed by atoms with Crippen molar-refractivity contribution in [2.45, 2.75) is 26.2 Å². The molecule has 2 amide bonds. The van der Waals surface area contributed by atoms with Gasteiger partial charge in [-0.1, -0.05) is 0 Å². The Labute approximate surface area is 101 Å². The number of nitriles is 1. The lowest BCUT2D eigenvalue weighted by Crippen LogP contribution is -2.40. The maximum Gasteiger partial charge on any atom is 0.243 e. The molecule has 0 spiro atoms. The molecular weight excluding hydrogens is 218 g/mol. The van der Waals surface area contributed by atoms with Crippen LogP contribution in [-0.4, -0.2) is 47.8 Å². The molecule has 1 aliphatic carbocycles. The van der Waals surface area contributed by atoms with Crippen molar-refractivity contribution in [1.82, 2.24) is 9.80 Å². The van der Waals surface area contributed by atoms with Gasteiger partial charge in [-0.2, -0.15) is 5.26 Å². The fourth-order valence-corrected chi connectivity index (χ4v) is 2.24. The van der Waals surface area contributed by atoms with Crippen LogP contribution in [0.5, 0.6) is 0 Å². The Balaban J connectivity index is 1.98. The highest BCUT2D eigenvalue weighted by Crippen LogP contribution is 2.46. The van der Waals surface area contributed by atoms with Gasteiger partial charge >= 0.3 is 0 Å². The number of nitrogens with zero attached hydrogens (tertiary/aromatic N) is 3. The molecule has 2 fully saturated rings. The van der Waals surface area contributed by atoms with Crippen molar-refractivity contribution < 1.29 is 9.59 Å². The van der Waals surface area contributed by atoms with Crippen LogP contribution in [0.15, 0.2) is 0 Å². The molecule has 0 radical (unpaired) electrons. The van der Waals surface area contributed by atoms with E-state index in [1.54, 1.807) is 16.7 Å². The normalized spacial score (nSPS) is 22.6. The molecule has 2 rings (SSSR count). The highest BCUT2D eigenvalue weighted by atomic mass is 16.2. The van der Waals surface area contributed by atoms with Gasteiger partial charge in [0.05, 0.1) is 6.07 Å². The Kier molecular flexibility index (Phi) is 3.05. The monoisotopic (exact) mass is 235 g/mol. The lowest BCUT2D eigenvalue weighted by Gasteiger charge is -2.23. The minimum absolute atomic E-state index is 0.0367. The van der Waals surface area contributed by atoms with E-state index < -0.39 is 5.41 Å². The Morgan fingerprint density at radius 3 is 2.24 bits per heavy atom. The largest absolute Gasteiger partial charge is 0.341 e. The second-order valence-corrected chi connectivity index (χ2v) is 4.85. The summed E-state index contributed by atoms with van der Waals surface area (Å²) in [6.45, 7) is 4.06. The second kappa shape index (κ2) is 4.36. The zero-order valence-corrected chi connectivity index (χ0v) is 10.1.